The van der Waals surface area contributed by atoms with E-state index in [2.05, 4.69) is 39.4 Å². The SMILES string of the molecule is CN=C(NCc1nc(C(F)(F)F)cs1)NC1CCN(C(C)C)CC1.I. The number of piperidine rings is 1. The molecule has 1 aromatic rings. The Labute approximate surface area is 167 Å². The van der Waals surface area contributed by atoms with Gasteiger partial charge in [0.25, 0.3) is 0 Å². The first-order chi connectivity index (χ1) is 11.3. The molecular weight excluding hydrogens is 466 g/mol. The molecule has 10 heteroatoms. The maximum atomic E-state index is 12.5. The minimum absolute atomic E-state index is 0. The van der Waals surface area contributed by atoms with Crippen molar-refractivity contribution in [2.75, 3.05) is 20.1 Å². The molecule has 5 nitrogen and oxygen atoms in total. The summed E-state index contributed by atoms with van der Waals surface area (Å²) in [5.74, 6) is 0.599. The van der Waals surface area contributed by atoms with Gasteiger partial charge in [0.05, 0.1) is 6.54 Å². The van der Waals surface area contributed by atoms with Gasteiger partial charge in [-0.2, -0.15) is 13.2 Å². The summed E-state index contributed by atoms with van der Waals surface area (Å²) in [5.41, 5.74) is -0.840. The molecule has 2 rings (SSSR count). The van der Waals surface area contributed by atoms with Gasteiger partial charge in [0, 0.05) is 37.6 Å². The molecule has 0 spiro atoms. The van der Waals surface area contributed by atoms with Crippen molar-refractivity contribution in [1.82, 2.24) is 20.5 Å². The first kappa shape index (κ1) is 22.4. The zero-order chi connectivity index (χ0) is 17.7. The van der Waals surface area contributed by atoms with Gasteiger partial charge >= 0.3 is 6.18 Å². The van der Waals surface area contributed by atoms with Crippen LogP contribution in [0.4, 0.5) is 13.2 Å². The predicted octanol–water partition coefficient (Wildman–Crippen LogP) is 3.32. The Morgan fingerprint density at radius 3 is 2.52 bits per heavy atom. The number of thiazole rings is 1. The van der Waals surface area contributed by atoms with Gasteiger partial charge in [-0.25, -0.2) is 4.98 Å². The van der Waals surface area contributed by atoms with Crippen LogP contribution in [0.15, 0.2) is 10.4 Å². The summed E-state index contributed by atoms with van der Waals surface area (Å²) in [6.07, 6.45) is -2.35. The third-order valence-corrected chi connectivity index (χ3v) is 4.92. The van der Waals surface area contributed by atoms with Gasteiger partial charge in [0.1, 0.15) is 5.01 Å². The van der Waals surface area contributed by atoms with Crippen LogP contribution in [0, 0.1) is 0 Å². The van der Waals surface area contributed by atoms with Gasteiger partial charge in [-0.3, -0.25) is 4.99 Å². The first-order valence-corrected chi connectivity index (χ1v) is 8.90. The van der Waals surface area contributed by atoms with E-state index >= 15 is 0 Å². The molecule has 0 saturated carbocycles. The van der Waals surface area contributed by atoms with Gasteiger partial charge in [0.15, 0.2) is 11.7 Å². The molecule has 1 aromatic heterocycles. The van der Waals surface area contributed by atoms with Crippen LogP contribution >= 0.6 is 35.3 Å². The Balaban J connectivity index is 0.00000312. The van der Waals surface area contributed by atoms with Crippen molar-refractivity contribution in [1.29, 1.82) is 0 Å². The fourth-order valence-electron chi connectivity index (χ4n) is 2.63. The average Bonchev–Trinajstić information content (AvgIpc) is 3.01. The van der Waals surface area contributed by atoms with E-state index in [1.165, 1.54) is 0 Å². The molecule has 1 saturated heterocycles. The molecule has 2 heterocycles. The van der Waals surface area contributed by atoms with E-state index in [4.69, 9.17) is 0 Å². The molecule has 2 N–H and O–H groups in total. The van der Waals surface area contributed by atoms with Crippen LogP contribution in [-0.2, 0) is 12.7 Å². The number of hydrogen-bond acceptors (Lipinski definition) is 4. The highest BCUT2D eigenvalue weighted by molar-refractivity contribution is 14.0. The molecule has 25 heavy (non-hydrogen) atoms. The summed E-state index contributed by atoms with van der Waals surface area (Å²) in [7, 11) is 1.65. The van der Waals surface area contributed by atoms with E-state index in [-0.39, 0.29) is 30.5 Å². The van der Waals surface area contributed by atoms with Gasteiger partial charge in [-0.15, -0.1) is 35.3 Å². The van der Waals surface area contributed by atoms with Crippen LogP contribution in [-0.4, -0.2) is 48.1 Å². The fraction of sp³-hybridized carbons (Fsp3) is 0.733. The average molecular weight is 491 g/mol. The normalized spacial score (nSPS) is 17.5. The van der Waals surface area contributed by atoms with Crippen molar-refractivity contribution in [3.63, 3.8) is 0 Å². The van der Waals surface area contributed by atoms with Gasteiger partial charge in [-0.1, -0.05) is 0 Å². The van der Waals surface area contributed by atoms with Crippen molar-refractivity contribution < 1.29 is 13.2 Å². The summed E-state index contributed by atoms with van der Waals surface area (Å²) in [6, 6.07) is 0.879. The Hall–Kier alpha value is -0.620. The lowest BCUT2D eigenvalue weighted by atomic mass is 10.0. The van der Waals surface area contributed by atoms with E-state index in [0.717, 1.165) is 42.6 Å². The van der Waals surface area contributed by atoms with Crippen LogP contribution in [0.2, 0.25) is 0 Å². The van der Waals surface area contributed by atoms with Crippen LogP contribution in [0.25, 0.3) is 0 Å². The molecule has 0 atom stereocenters. The Kier molecular flexibility index (Phi) is 8.89. The molecule has 0 aromatic carbocycles. The lowest BCUT2D eigenvalue weighted by molar-refractivity contribution is -0.140. The molecule has 0 radical (unpaired) electrons. The first-order valence-electron chi connectivity index (χ1n) is 8.02. The van der Waals surface area contributed by atoms with Gasteiger partial charge in [-0.05, 0) is 26.7 Å². The summed E-state index contributed by atoms with van der Waals surface area (Å²) in [5, 5.41) is 7.80. The molecule has 144 valence electrons. The highest BCUT2D eigenvalue weighted by atomic mass is 127. The number of nitrogens with zero attached hydrogens (tertiary/aromatic N) is 3. The van der Waals surface area contributed by atoms with Crippen LogP contribution < -0.4 is 10.6 Å². The number of alkyl halides is 3. The zero-order valence-corrected chi connectivity index (χ0v) is 17.7. The third-order valence-electron chi connectivity index (χ3n) is 4.07. The minimum atomic E-state index is -4.39. The second kappa shape index (κ2) is 9.91. The number of rotatable bonds is 4. The van der Waals surface area contributed by atoms with Crippen molar-refractivity contribution in [2.45, 2.75) is 51.5 Å². The number of aromatic nitrogens is 1. The summed E-state index contributed by atoms with van der Waals surface area (Å²) >= 11 is 0.995. The monoisotopic (exact) mass is 491 g/mol. The predicted molar refractivity (Wildman–Crippen MR) is 106 cm³/mol. The quantitative estimate of drug-likeness (QED) is 0.386. The fourth-order valence-corrected chi connectivity index (χ4v) is 3.37. The minimum Gasteiger partial charge on any atom is -0.354 e. The Morgan fingerprint density at radius 2 is 2.04 bits per heavy atom. The van der Waals surface area contributed by atoms with Gasteiger partial charge in [0.2, 0.25) is 0 Å². The van der Waals surface area contributed by atoms with Gasteiger partial charge < -0.3 is 15.5 Å². The molecule has 0 amide bonds. The summed E-state index contributed by atoms with van der Waals surface area (Å²) in [4.78, 5) is 10.2. The number of guanidine groups is 1. The largest absolute Gasteiger partial charge is 0.434 e. The lowest BCUT2D eigenvalue weighted by Gasteiger charge is -2.35. The van der Waals surface area contributed by atoms with E-state index in [1.807, 2.05) is 0 Å². The summed E-state index contributed by atoms with van der Waals surface area (Å²) in [6.45, 7) is 6.68. The molecule has 1 aliphatic heterocycles. The maximum Gasteiger partial charge on any atom is 0.434 e. The topological polar surface area (TPSA) is 52.6 Å². The maximum absolute atomic E-state index is 12.5. The molecule has 0 bridgehead atoms. The zero-order valence-electron chi connectivity index (χ0n) is 14.6. The second-order valence-corrected chi connectivity index (χ2v) is 7.04. The van der Waals surface area contributed by atoms with Crippen molar-refractivity contribution >= 4 is 41.3 Å². The molecule has 1 aliphatic rings. The van der Waals surface area contributed by atoms with Crippen LogP contribution in [0.3, 0.4) is 0 Å². The molecule has 0 unspecified atom stereocenters. The highest BCUT2D eigenvalue weighted by Crippen LogP contribution is 2.29. The Morgan fingerprint density at radius 1 is 1.40 bits per heavy atom. The van der Waals surface area contributed by atoms with Crippen molar-refractivity contribution in [2.24, 2.45) is 4.99 Å². The number of aliphatic imine (C=N–C) groups is 1. The Bertz CT molecular complexity index is 554. The molecule has 1 fully saturated rings. The third kappa shape index (κ3) is 6.89. The number of likely N-dealkylation sites (tertiary alicyclic amines) is 1. The lowest BCUT2D eigenvalue weighted by Crippen LogP contribution is -2.49. The van der Waals surface area contributed by atoms with Crippen molar-refractivity contribution in [3.05, 3.63) is 16.1 Å². The summed E-state index contributed by atoms with van der Waals surface area (Å²) < 4.78 is 37.6. The number of halogens is 4. The van der Waals surface area contributed by atoms with Crippen molar-refractivity contribution in [3.8, 4) is 0 Å². The smallest absolute Gasteiger partial charge is 0.354 e. The van der Waals surface area contributed by atoms with Crippen LogP contribution in [0.1, 0.15) is 37.4 Å². The standard InChI is InChI=1S/C15H24F3N5S.HI/c1-10(2)23-6-4-11(5-7-23)21-14(19-3)20-8-13-22-12(9-24-13)15(16,17)18;/h9-11H,4-8H2,1-3H3,(H2,19,20,21);1H. The highest BCUT2D eigenvalue weighted by Gasteiger charge is 2.33. The second-order valence-electron chi connectivity index (χ2n) is 6.10. The van der Waals surface area contributed by atoms with E-state index in [9.17, 15) is 13.2 Å². The van der Waals surface area contributed by atoms with E-state index in [0.29, 0.717) is 23.1 Å². The van der Waals surface area contributed by atoms with Crippen LogP contribution in [0.5, 0.6) is 0 Å². The molecule has 0 aliphatic carbocycles. The molecular formula is C15H25F3IN5S. The van der Waals surface area contributed by atoms with E-state index in [1.54, 1.807) is 7.05 Å². The number of hydrogen-bond donors (Lipinski definition) is 2. The van der Waals surface area contributed by atoms with E-state index < -0.39 is 11.9 Å². The number of nitrogens with one attached hydrogen (secondary N) is 2.